The molecule has 0 unspecified atom stereocenters. The van der Waals surface area contributed by atoms with Crippen LogP contribution in [0.2, 0.25) is 0 Å². The van der Waals surface area contributed by atoms with E-state index in [9.17, 15) is 22.8 Å². The maximum absolute atomic E-state index is 13.0. The second-order valence-corrected chi connectivity index (χ2v) is 6.28. The Kier molecular flexibility index (Phi) is 7.02. The Labute approximate surface area is 150 Å². The first-order valence-corrected chi connectivity index (χ1v) is 8.66. The van der Waals surface area contributed by atoms with E-state index in [2.05, 4.69) is 15.4 Å². The molecule has 5 nitrogen and oxygen atoms in total. The van der Waals surface area contributed by atoms with Gasteiger partial charge in [-0.1, -0.05) is 6.07 Å². The van der Waals surface area contributed by atoms with Crippen LogP contribution in [-0.2, 0) is 33.5 Å². The van der Waals surface area contributed by atoms with E-state index in [1.807, 2.05) is 0 Å². The summed E-state index contributed by atoms with van der Waals surface area (Å²) in [6.07, 6.45) is -2.12. The van der Waals surface area contributed by atoms with Crippen molar-refractivity contribution in [1.29, 1.82) is 0 Å². The van der Waals surface area contributed by atoms with Crippen LogP contribution >= 0.6 is 0 Å². The topological polar surface area (TPSA) is 67.4 Å². The highest BCUT2D eigenvalue weighted by atomic mass is 19.4. The zero-order chi connectivity index (χ0) is 19.2. The summed E-state index contributed by atoms with van der Waals surface area (Å²) in [5.41, 5.74) is 0.423. The van der Waals surface area contributed by atoms with Gasteiger partial charge in [0.25, 0.3) is 0 Å². The number of hydrogen-bond acceptors (Lipinski definition) is 4. The SMILES string of the molecule is CCOC(=O)C(=O)NCc1ccc(C(F)(F)F)cc1CC1CCNCC1. The highest BCUT2D eigenvalue weighted by Gasteiger charge is 2.31. The number of esters is 1. The quantitative estimate of drug-likeness (QED) is 0.615. The lowest BCUT2D eigenvalue weighted by molar-refractivity contribution is -0.154. The van der Waals surface area contributed by atoms with Gasteiger partial charge in [0.2, 0.25) is 0 Å². The Hall–Kier alpha value is -2.09. The molecule has 1 aromatic rings. The van der Waals surface area contributed by atoms with Gasteiger partial charge in [-0.2, -0.15) is 13.2 Å². The number of benzene rings is 1. The van der Waals surface area contributed by atoms with Crippen LogP contribution in [0, 0.1) is 5.92 Å². The maximum Gasteiger partial charge on any atom is 0.416 e. The molecule has 1 aliphatic heterocycles. The molecule has 0 bridgehead atoms. The van der Waals surface area contributed by atoms with Crippen molar-refractivity contribution >= 4 is 11.9 Å². The van der Waals surface area contributed by atoms with Crippen molar-refractivity contribution in [2.45, 2.75) is 38.9 Å². The molecule has 8 heteroatoms. The van der Waals surface area contributed by atoms with E-state index in [1.54, 1.807) is 6.92 Å². The van der Waals surface area contributed by atoms with E-state index in [4.69, 9.17) is 0 Å². The van der Waals surface area contributed by atoms with Gasteiger partial charge in [-0.15, -0.1) is 0 Å². The largest absolute Gasteiger partial charge is 0.459 e. The van der Waals surface area contributed by atoms with Crippen molar-refractivity contribution in [3.05, 3.63) is 34.9 Å². The van der Waals surface area contributed by atoms with Crippen LogP contribution in [0.15, 0.2) is 18.2 Å². The van der Waals surface area contributed by atoms with Gasteiger partial charge in [0.1, 0.15) is 0 Å². The lowest BCUT2D eigenvalue weighted by atomic mass is 9.88. The molecular weight excluding hydrogens is 349 g/mol. The Morgan fingerprint density at radius 3 is 2.54 bits per heavy atom. The number of halogens is 3. The van der Waals surface area contributed by atoms with E-state index in [1.165, 1.54) is 6.07 Å². The number of rotatable bonds is 5. The third-order valence-corrected chi connectivity index (χ3v) is 4.40. The van der Waals surface area contributed by atoms with Crippen molar-refractivity contribution in [2.24, 2.45) is 5.92 Å². The third kappa shape index (κ3) is 5.72. The molecular formula is C18H23F3N2O3. The number of carbonyl (C=O) groups excluding carboxylic acids is 2. The molecule has 0 spiro atoms. The van der Waals surface area contributed by atoms with Crippen LogP contribution in [0.3, 0.4) is 0 Å². The standard InChI is InChI=1S/C18H23F3N2O3/c1-2-26-17(25)16(24)23-11-13-3-4-15(18(19,20)21)10-14(13)9-12-5-7-22-8-6-12/h3-4,10,12,22H,2,5-9,11H2,1H3,(H,23,24). The van der Waals surface area contributed by atoms with Gasteiger partial charge < -0.3 is 15.4 Å². The summed E-state index contributed by atoms with van der Waals surface area (Å²) in [5, 5.41) is 5.64. The predicted octanol–water partition coefficient (Wildman–Crippen LogP) is 2.43. The van der Waals surface area contributed by atoms with Crippen molar-refractivity contribution in [3.63, 3.8) is 0 Å². The van der Waals surface area contributed by atoms with Crippen molar-refractivity contribution < 1.29 is 27.5 Å². The zero-order valence-electron chi connectivity index (χ0n) is 14.6. The first kappa shape index (κ1) is 20.2. The summed E-state index contributed by atoms with van der Waals surface area (Å²) in [4.78, 5) is 23.0. The Morgan fingerprint density at radius 2 is 1.92 bits per heavy atom. The van der Waals surface area contributed by atoms with E-state index in [0.717, 1.165) is 38.1 Å². The molecule has 1 saturated heterocycles. The minimum Gasteiger partial charge on any atom is -0.459 e. The third-order valence-electron chi connectivity index (χ3n) is 4.40. The molecule has 26 heavy (non-hydrogen) atoms. The molecule has 0 radical (unpaired) electrons. The average molecular weight is 372 g/mol. The highest BCUT2D eigenvalue weighted by molar-refractivity contribution is 6.32. The molecule has 0 atom stereocenters. The molecule has 2 rings (SSSR count). The van der Waals surface area contributed by atoms with Crippen LogP contribution < -0.4 is 10.6 Å². The fourth-order valence-corrected chi connectivity index (χ4v) is 3.01. The first-order valence-electron chi connectivity index (χ1n) is 8.66. The van der Waals surface area contributed by atoms with Gasteiger partial charge in [0, 0.05) is 6.54 Å². The van der Waals surface area contributed by atoms with Crippen LogP contribution in [0.4, 0.5) is 13.2 Å². The molecule has 2 N–H and O–H groups in total. The molecule has 0 saturated carbocycles. The summed E-state index contributed by atoms with van der Waals surface area (Å²) < 4.78 is 43.7. The van der Waals surface area contributed by atoms with Crippen molar-refractivity contribution in [1.82, 2.24) is 10.6 Å². The summed E-state index contributed by atoms with van der Waals surface area (Å²) >= 11 is 0. The number of hydrogen-bond donors (Lipinski definition) is 2. The second kappa shape index (κ2) is 9.02. The summed E-state index contributed by atoms with van der Waals surface area (Å²) in [6, 6.07) is 3.51. The lowest BCUT2D eigenvalue weighted by Crippen LogP contribution is -2.32. The number of alkyl halides is 3. The lowest BCUT2D eigenvalue weighted by Gasteiger charge is -2.24. The van der Waals surface area contributed by atoms with Gasteiger partial charge in [0.15, 0.2) is 0 Å². The van der Waals surface area contributed by atoms with Gasteiger partial charge in [-0.05, 0) is 68.5 Å². The predicted molar refractivity (Wildman–Crippen MR) is 89.2 cm³/mol. The molecule has 0 aromatic heterocycles. The first-order chi connectivity index (χ1) is 12.3. The maximum atomic E-state index is 13.0. The normalized spacial score (nSPS) is 15.5. The van der Waals surface area contributed by atoms with Crippen LogP contribution in [-0.4, -0.2) is 31.6 Å². The summed E-state index contributed by atoms with van der Waals surface area (Å²) in [6.45, 7) is 3.33. The number of nitrogens with one attached hydrogen (secondary N) is 2. The van der Waals surface area contributed by atoms with E-state index in [0.29, 0.717) is 23.5 Å². The molecule has 0 aliphatic carbocycles. The Balaban J connectivity index is 2.15. The molecule has 1 aliphatic rings. The minimum atomic E-state index is -4.42. The number of amides is 1. The van der Waals surface area contributed by atoms with Crippen LogP contribution in [0.1, 0.15) is 36.5 Å². The van der Waals surface area contributed by atoms with Gasteiger partial charge >= 0.3 is 18.1 Å². The van der Waals surface area contributed by atoms with E-state index >= 15 is 0 Å². The van der Waals surface area contributed by atoms with Crippen molar-refractivity contribution in [3.8, 4) is 0 Å². The monoisotopic (exact) mass is 372 g/mol. The number of ether oxygens (including phenoxy) is 1. The zero-order valence-corrected chi connectivity index (χ0v) is 14.6. The summed E-state index contributed by atoms with van der Waals surface area (Å²) in [5.74, 6) is -1.61. The van der Waals surface area contributed by atoms with Crippen molar-refractivity contribution in [2.75, 3.05) is 19.7 Å². The summed E-state index contributed by atoms with van der Waals surface area (Å²) in [7, 11) is 0. The minimum absolute atomic E-state index is 0.0178. The van der Waals surface area contributed by atoms with Gasteiger partial charge in [-0.3, -0.25) is 4.79 Å². The van der Waals surface area contributed by atoms with E-state index < -0.39 is 23.6 Å². The Morgan fingerprint density at radius 1 is 1.23 bits per heavy atom. The molecule has 1 heterocycles. The molecule has 1 fully saturated rings. The number of carbonyl (C=O) groups is 2. The van der Waals surface area contributed by atoms with E-state index in [-0.39, 0.29) is 13.2 Å². The Bertz CT molecular complexity index is 641. The average Bonchev–Trinajstić information content (AvgIpc) is 2.60. The van der Waals surface area contributed by atoms with Gasteiger partial charge in [-0.25, -0.2) is 4.79 Å². The molecule has 144 valence electrons. The molecule has 1 amide bonds. The second-order valence-electron chi connectivity index (χ2n) is 6.28. The fourth-order valence-electron chi connectivity index (χ4n) is 3.01. The van der Waals surface area contributed by atoms with Crippen LogP contribution in [0.25, 0.3) is 0 Å². The number of piperidine rings is 1. The smallest absolute Gasteiger partial charge is 0.416 e. The fraction of sp³-hybridized carbons (Fsp3) is 0.556. The van der Waals surface area contributed by atoms with Crippen LogP contribution in [0.5, 0.6) is 0 Å². The van der Waals surface area contributed by atoms with Gasteiger partial charge in [0.05, 0.1) is 12.2 Å². The molecule has 1 aromatic carbocycles. The highest BCUT2D eigenvalue weighted by Crippen LogP contribution is 2.32.